The van der Waals surface area contributed by atoms with E-state index in [1.165, 1.54) is 0 Å². The Hall–Kier alpha value is -1.10. The van der Waals surface area contributed by atoms with E-state index in [-0.39, 0.29) is 12.5 Å². The van der Waals surface area contributed by atoms with Crippen LogP contribution in [-0.4, -0.2) is 12.5 Å². The minimum atomic E-state index is -0.201. The lowest BCUT2D eigenvalue weighted by Gasteiger charge is -2.05. The van der Waals surface area contributed by atoms with Gasteiger partial charge >= 0.3 is 0 Å². The van der Waals surface area contributed by atoms with Gasteiger partial charge < -0.3 is 5.32 Å². The molecule has 1 rings (SSSR count). The molecular weight excluding hydrogens is 202 g/mol. The van der Waals surface area contributed by atoms with Gasteiger partial charge in [0.1, 0.15) is 0 Å². The first-order valence-electron chi connectivity index (χ1n) is 4.13. The summed E-state index contributed by atoms with van der Waals surface area (Å²) in [6, 6.07) is 5.33. The molecule has 0 bridgehead atoms. The second kappa shape index (κ2) is 4.95. The summed E-state index contributed by atoms with van der Waals surface area (Å²) in [6.07, 6.45) is 0. The molecule has 4 nitrogen and oxygen atoms in total. The van der Waals surface area contributed by atoms with Crippen LogP contribution in [0, 0.1) is 6.92 Å². The first-order chi connectivity index (χ1) is 6.63. The smallest absolute Gasteiger partial charge is 0.239 e. The molecule has 1 aromatic carbocycles. The van der Waals surface area contributed by atoms with Crippen LogP contribution in [0.25, 0.3) is 0 Å². The van der Waals surface area contributed by atoms with Crippen LogP contribution < -0.4 is 16.6 Å². The first-order valence-corrected chi connectivity index (χ1v) is 4.50. The Balaban J connectivity index is 2.68. The van der Waals surface area contributed by atoms with Crippen molar-refractivity contribution < 1.29 is 4.79 Å². The van der Waals surface area contributed by atoms with Crippen molar-refractivity contribution in [2.45, 2.75) is 6.92 Å². The van der Waals surface area contributed by atoms with Crippen molar-refractivity contribution in [2.75, 3.05) is 11.9 Å². The van der Waals surface area contributed by atoms with Crippen LogP contribution in [0.3, 0.4) is 0 Å². The van der Waals surface area contributed by atoms with Crippen LogP contribution in [-0.2, 0) is 4.79 Å². The van der Waals surface area contributed by atoms with Gasteiger partial charge in [-0.25, -0.2) is 0 Å². The standard InChI is InChI=1S/C9H12ClN3O/c1-6-2-3-7(4-8(6)10)13-9(14)5-12-11/h2-4,12H,5,11H2,1H3,(H,13,14). The molecular formula is C9H12ClN3O. The number of nitrogens with one attached hydrogen (secondary N) is 2. The molecule has 0 fully saturated rings. The maximum Gasteiger partial charge on any atom is 0.239 e. The Morgan fingerprint density at radius 2 is 2.29 bits per heavy atom. The van der Waals surface area contributed by atoms with Gasteiger partial charge in [0.2, 0.25) is 5.91 Å². The van der Waals surface area contributed by atoms with Gasteiger partial charge in [0, 0.05) is 10.7 Å². The SMILES string of the molecule is Cc1ccc(NC(=O)CNN)cc1Cl. The molecule has 0 aliphatic carbocycles. The molecule has 0 spiro atoms. The zero-order chi connectivity index (χ0) is 10.6. The number of rotatable bonds is 3. The van der Waals surface area contributed by atoms with E-state index in [1.54, 1.807) is 12.1 Å². The Bertz CT molecular complexity index is 341. The van der Waals surface area contributed by atoms with E-state index >= 15 is 0 Å². The van der Waals surface area contributed by atoms with Crippen molar-refractivity contribution in [1.82, 2.24) is 5.43 Å². The van der Waals surface area contributed by atoms with Crippen LogP contribution in [0.5, 0.6) is 0 Å². The molecule has 0 aliphatic rings. The fraction of sp³-hybridized carbons (Fsp3) is 0.222. The monoisotopic (exact) mass is 213 g/mol. The third-order valence-corrected chi connectivity index (χ3v) is 2.13. The van der Waals surface area contributed by atoms with Crippen molar-refractivity contribution in [3.63, 3.8) is 0 Å². The van der Waals surface area contributed by atoms with Gasteiger partial charge in [0.15, 0.2) is 0 Å². The highest BCUT2D eigenvalue weighted by Gasteiger charge is 2.02. The number of hydrogen-bond donors (Lipinski definition) is 3. The Labute approximate surface area is 87.4 Å². The second-order valence-electron chi connectivity index (χ2n) is 2.89. The minimum absolute atomic E-state index is 0.0749. The van der Waals surface area contributed by atoms with E-state index in [2.05, 4.69) is 10.7 Å². The molecule has 0 saturated heterocycles. The van der Waals surface area contributed by atoms with Gasteiger partial charge in [-0.1, -0.05) is 17.7 Å². The number of amides is 1. The molecule has 0 unspecified atom stereocenters. The number of carbonyl (C=O) groups excluding carboxylic acids is 1. The summed E-state index contributed by atoms with van der Waals surface area (Å²) >= 11 is 5.88. The number of hydrazine groups is 1. The number of hydrogen-bond acceptors (Lipinski definition) is 3. The molecule has 0 aliphatic heterocycles. The molecule has 4 N–H and O–H groups in total. The molecule has 14 heavy (non-hydrogen) atoms. The zero-order valence-electron chi connectivity index (χ0n) is 7.80. The highest BCUT2D eigenvalue weighted by molar-refractivity contribution is 6.31. The summed E-state index contributed by atoms with van der Waals surface area (Å²) in [5.74, 6) is 4.80. The molecule has 1 amide bonds. The number of aryl methyl sites for hydroxylation is 1. The number of nitrogens with two attached hydrogens (primary N) is 1. The number of anilines is 1. The molecule has 0 saturated carbocycles. The lowest BCUT2D eigenvalue weighted by molar-refractivity contribution is -0.115. The van der Waals surface area contributed by atoms with Crippen LogP contribution >= 0.6 is 11.6 Å². The summed E-state index contributed by atoms with van der Waals surface area (Å²) in [4.78, 5) is 11.1. The van der Waals surface area contributed by atoms with Gasteiger partial charge in [0.25, 0.3) is 0 Å². The number of halogens is 1. The molecule has 0 heterocycles. The Morgan fingerprint density at radius 1 is 1.57 bits per heavy atom. The summed E-state index contributed by atoms with van der Waals surface area (Å²) in [5, 5.41) is 3.27. The topological polar surface area (TPSA) is 67.2 Å². The van der Waals surface area contributed by atoms with Gasteiger partial charge in [-0.05, 0) is 24.6 Å². The van der Waals surface area contributed by atoms with E-state index in [4.69, 9.17) is 17.4 Å². The second-order valence-corrected chi connectivity index (χ2v) is 3.30. The highest BCUT2D eigenvalue weighted by Crippen LogP contribution is 2.19. The van der Waals surface area contributed by atoms with Gasteiger partial charge in [0.05, 0.1) is 6.54 Å². The van der Waals surface area contributed by atoms with Crippen molar-refractivity contribution in [3.8, 4) is 0 Å². The number of carbonyl (C=O) groups is 1. The molecule has 0 atom stereocenters. The Kier molecular flexibility index (Phi) is 3.88. The fourth-order valence-corrected chi connectivity index (χ4v) is 1.15. The van der Waals surface area contributed by atoms with Gasteiger partial charge in [-0.15, -0.1) is 0 Å². The fourth-order valence-electron chi connectivity index (χ4n) is 0.968. The van der Waals surface area contributed by atoms with Crippen LogP contribution in [0.2, 0.25) is 5.02 Å². The molecule has 76 valence electrons. The highest BCUT2D eigenvalue weighted by atomic mass is 35.5. The van der Waals surface area contributed by atoms with Crippen molar-refractivity contribution in [3.05, 3.63) is 28.8 Å². The van der Waals surface area contributed by atoms with E-state index in [1.807, 2.05) is 13.0 Å². The first kappa shape index (κ1) is 11.0. The quantitative estimate of drug-likeness (QED) is 0.520. The van der Waals surface area contributed by atoms with Crippen molar-refractivity contribution in [2.24, 2.45) is 5.84 Å². The predicted molar refractivity (Wildman–Crippen MR) is 57.0 cm³/mol. The van der Waals surface area contributed by atoms with Crippen LogP contribution in [0.15, 0.2) is 18.2 Å². The van der Waals surface area contributed by atoms with E-state index in [9.17, 15) is 4.79 Å². The lowest BCUT2D eigenvalue weighted by atomic mass is 10.2. The summed E-state index contributed by atoms with van der Waals surface area (Å²) in [7, 11) is 0. The molecule has 5 heteroatoms. The zero-order valence-corrected chi connectivity index (χ0v) is 8.56. The summed E-state index contributed by atoms with van der Waals surface area (Å²) in [5.41, 5.74) is 3.91. The van der Waals surface area contributed by atoms with Gasteiger partial charge in [-0.3, -0.25) is 16.1 Å². The summed E-state index contributed by atoms with van der Waals surface area (Å²) < 4.78 is 0. The number of benzene rings is 1. The predicted octanol–water partition coefficient (Wildman–Crippen LogP) is 1.05. The van der Waals surface area contributed by atoms with E-state index in [0.717, 1.165) is 5.56 Å². The Morgan fingerprint density at radius 3 is 2.86 bits per heavy atom. The molecule has 1 aromatic rings. The van der Waals surface area contributed by atoms with Gasteiger partial charge in [-0.2, -0.15) is 0 Å². The molecule has 0 aromatic heterocycles. The normalized spacial score (nSPS) is 9.93. The van der Waals surface area contributed by atoms with Crippen molar-refractivity contribution in [1.29, 1.82) is 0 Å². The maximum atomic E-state index is 11.1. The molecule has 0 radical (unpaired) electrons. The average Bonchev–Trinajstić information content (AvgIpc) is 2.12. The van der Waals surface area contributed by atoms with Crippen LogP contribution in [0.4, 0.5) is 5.69 Å². The third kappa shape index (κ3) is 2.99. The van der Waals surface area contributed by atoms with Crippen molar-refractivity contribution >= 4 is 23.2 Å². The minimum Gasteiger partial charge on any atom is -0.325 e. The third-order valence-electron chi connectivity index (χ3n) is 1.72. The largest absolute Gasteiger partial charge is 0.325 e. The summed E-state index contributed by atoms with van der Waals surface area (Å²) in [6.45, 7) is 1.97. The van der Waals surface area contributed by atoms with E-state index in [0.29, 0.717) is 10.7 Å². The maximum absolute atomic E-state index is 11.1. The lowest BCUT2D eigenvalue weighted by Crippen LogP contribution is -2.32. The van der Waals surface area contributed by atoms with E-state index < -0.39 is 0 Å². The van der Waals surface area contributed by atoms with Crippen LogP contribution in [0.1, 0.15) is 5.56 Å². The average molecular weight is 214 g/mol.